The Morgan fingerprint density at radius 2 is 0.455 bits per heavy atom. The van der Waals surface area contributed by atoms with E-state index in [9.17, 15) is 0 Å². The van der Waals surface area contributed by atoms with E-state index < -0.39 is 0 Å². The van der Waals surface area contributed by atoms with E-state index in [0.717, 1.165) is 0 Å². The molecule has 0 nitrogen and oxygen atoms in total. The summed E-state index contributed by atoms with van der Waals surface area (Å²) in [5, 5.41) is 7.30. The van der Waals surface area contributed by atoms with E-state index in [1.165, 1.54) is 121 Å². The van der Waals surface area contributed by atoms with Crippen molar-refractivity contribution in [3.8, 4) is 89.0 Å². The van der Waals surface area contributed by atoms with Gasteiger partial charge < -0.3 is 0 Å². The summed E-state index contributed by atoms with van der Waals surface area (Å²) in [4.78, 5) is 0. The summed E-state index contributed by atoms with van der Waals surface area (Å²) >= 11 is 0. The minimum absolute atomic E-state index is 1.18. The smallest absolute Gasteiger partial charge is 0.00141 e. The number of benzene rings is 12. The van der Waals surface area contributed by atoms with Gasteiger partial charge in [0.15, 0.2) is 0 Å². The molecule has 0 spiro atoms. The molecular weight excluding hydrogens is 793 g/mol. The Hall–Kier alpha value is -8.58. The maximum Gasteiger partial charge on any atom is -0.00141 e. The second-order valence-electron chi connectivity index (χ2n) is 17.1. The lowest BCUT2D eigenvalue weighted by molar-refractivity contribution is 1.57. The number of hydrogen-bond donors (Lipinski definition) is 0. The zero-order valence-electron chi connectivity index (χ0n) is 36.4. The highest BCUT2D eigenvalue weighted by atomic mass is 14.3. The molecule has 0 radical (unpaired) electrons. The average Bonchev–Trinajstić information content (AvgIpc) is 3.40. The van der Waals surface area contributed by atoms with Gasteiger partial charge in [0.1, 0.15) is 0 Å². The van der Waals surface area contributed by atoms with Crippen molar-refractivity contribution in [1.82, 2.24) is 0 Å². The van der Waals surface area contributed by atoms with Crippen molar-refractivity contribution in [2.24, 2.45) is 0 Å². The van der Waals surface area contributed by atoms with Gasteiger partial charge in [0.05, 0.1) is 0 Å². The van der Waals surface area contributed by atoms with Crippen molar-refractivity contribution in [1.29, 1.82) is 0 Å². The molecule has 0 heterocycles. The van der Waals surface area contributed by atoms with Gasteiger partial charge in [-0.15, -0.1) is 0 Å². The zero-order valence-corrected chi connectivity index (χ0v) is 36.4. The topological polar surface area (TPSA) is 0 Å². The molecule has 12 aromatic carbocycles. The summed E-state index contributed by atoms with van der Waals surface area (Å²) in [5.41, 5.74) is 19.3. The molecule has 0 bridgehead atoms. The first-order chi connectivity index (χ1) is 32.8. The third-order valence-corrected chi connectivity index (χ3v) is 13.2. The number of fused-ring (bicyclic) bond motifs is 3. The Kier molecular flexibility index (Phi) is 9.97. The summed E-state index contributed by atoms with van der Waals surface area (Å²) in [5.74, 6) is 0. The van der Waals surface area contributed by atoms with Crippen LogP contribution >= 0.6 is 0 Å². The largest absolute Gasteiger partial charge is 0.0622 e. The van der Waals surface area contributed by atoms with Crippen LogP contribution in [0.2, 0.25) is 0 Å². The van der Waals surface area contributed by atoms with Gasteiger partial charge in [-0.2, -0.15) is 0 Å². The van der Waals surface area contributed by atoms with Gasteiger partial charge in [0.2, 0.25) is 0 Å². The molecule has 0 heteroatoms. The number of hydrogen-bond acceptors (Lipinski definition) is 0. The Morgan fingerprint density at radius 1 is 0.152 bits per heavy atom. The molecule has 0 aliphatic heterocycles. The van der Waals surface area contributed by atoms with E-state index in [4.69, 9.17) is 0 Å². The highest BCUT2D eigenvalue weighted by Gasteiger charge is 2.25. The van der Waals surface area contributed by atoms with Crippen molar-refractivity contribution >= 4 is 32.3 Å². The first-order valence-electron chi connectivity index (χ1n) is 22.8. The molecule has 0 aromatic heterocycles. The molecule has 0 unspecified atom stereocenters. The van der Waals surface area contributed by atoms with Gasteiger partial charge in [-0.3, -0.25) is 0 Å². The molecule has 0 saturated carbocycles. The maximum absolute atomic E-state index is 2.53. The van der Waals surface area contributed by atoms with E-state index in [0.29, 0.717) is 0 Å². The van der Waals surface area contributed by atoms with Crippen LogP contribution in [0.15, 0.2) is 267 Å². The lowest BCUT2D eigenvalue weighted by atomic mass is 9.79. The van der Waals surface area contributed by atoms with Crippen molar-refractivity contribution in [2.45, 2.75) is 0 Å². The zero-order chi connectivity index (χ0) is 43.8. The van der Waals surface area contributed by atoms with Crippen LogP contribution in [0.4, 0.5) is 0 Å². The fourth-order valence-corrected chi connectivity index (χ4v) is 10.3. The fourth-order valence-electron chi connectivity index (χ4n) is 10.3. The Morgan fingerprint density at radius 3 is 0.879 bits per heavy atom. The summed E-state index contributed by atoms with van der Waals surface area (Å²) in [6, 6.07) is 98.1. The second kappa shape index (κ2) is 16.8. The van der Waals surface area contributed by atoms with Gasteiger partial charge in [-0.25, -0.2) is 0 Å². The minimum Gasteiger partial charge on any atom is -0.0622 e. The van der Waals surface area contributed by atoms with E-state index in [1.807, 2.05) is 0 Å². The van der Waals surface area contributed by atoms with Crippen LogP contribution < -0.4 is 0 Å². The molecule has 0 aliphatic carbocycles. The van der Waals surface area contributed by atoms with Crippen LogP contribution in [-0.2, 0) is 0 Å². The van der Waals surface area contributed by atoms with E-state index in [1.54, 1.807) is 0 Å². The molecular formula is C66H44. The van der Waals surface area contributed by atoms with Crippen molar-refractivity contribution in [2.75, 3.05) is 0 Å². The second-order valence-corrected chi connectivity index (χ2v) is 17.1. The van der Waals surface area contributed by atoms with Crippen molar-refractivity contribution < 1.29 is 0 Å². The lowest BCUT2D eigenvalue weighted by Gasteiger charge is -2.24. The summed E-state index contributed by atoms with van der Waals surface area (Å²) in [7, 11) is 0. The summed E-state index contributed by atoms with van der Waals surface area (Å²) < 4.78 is 0. The summed E-state index contributed by atoms with van der Waals surface area (Å²) in [6.07, 6.45) is 0. The minimum atomic E-state index is 1.18. The SMILES string of the molecule is c1ccc(-c2cc3c(-c4ccccc4)c4cc5cc(-c6ccccc6)c(-c6ccccc6)c(-c6ccccc6-c6ccccc6)c5cc4c(-c4ccccc4)c3cc2-c2ccccc2)cc1. The molecule has 0 atom stereocenters. The van der Waals surface area contributed by atoms with Gasteiger partial charge >= 0.3 is 0 Å². The monoisotopic (exact) mass is 836 g/mol. The van der Waals surface area contributed by atoms with Crippen molar-refractivity contribution in [3.05, 3.63) is 267 Å². The quantitative estimate of drug-likeness (QED) is 0.134. The van der Waals surface area contributed by atoms with Gasteiger partial charge in [0, 0.05) is 0 Å². The molecule has 308 valence electrons. The van der Waals surface area contributed by atoms with E-state index >= 15 is 0 Å². The standard InChI is InChI=1S/C66H44/c1-8-24-45(25-9-1)53-38-22-23-39-54(53)66-58-44-62-59(41-52(58)40-57(48-30-14-4-15-31-48)65(66)51-36-20-7-21-37-51)63(49-32-16-5-17-33-49)60-42-55(46-26-10-2-11-27-46)56(47-28-12-3-13-29-47)43-61(60)64(62)50-34-18-6-19-35-50/h1-44H. The fraction of sp³-hybridized carbons (Fsp3) is 0. The molecule has 66 heavy (non-hydrogen) atoms. The first-order valence-corrected chi connectivity index (χ1v) is 22.8. The Bertz CT molecular complexity index is 3670. The normalized spacial score (nSPS) is 11.3. The lowest BCUT2D eigenvalue weighted by Crippen LogP contribution is -1.97. The van der Waals surface area contributed by atoms with Crippen LogP contribution in [0.3, 0.4) is 0 Å². The Labute approximate surface area is 386 Å². The van der Waals surface area contributed by atoms with Crippen LogP contribution in [0.1, 0.15) is 0 Å². The molecule has 0 aliphatic rings. The molecule has 0 N–H and O–H groups in total. The van der Waals surface area contributed by atoms with E-state index in [-0.39, 0.29) is 0 Å². The third-order valence-electron chi connectivity index (χ3n) is 13.2. The van der Waals surface area contributed by atoms with Gasteiger partial charge in [-0.05, 0) is 152 Å². The molecule has 0 fully saturated rings. The predicted octanol–water partition coefficient (Wildman–Crippen LogP) is 18.5. The maximum atomic E-state index is 2.53. The molecule has 12 rings (SSSR count). The van der Waals surface area contributed by atoms with Gasteiger partial charge in [0.25, 0.3) is 0 Å². The summed E-state index contributed by atoms with van der Waals surface area (Å²) in [6.45, 7) is 0. The highest BCUT2D eigenvalue weighted by molar-refractivity contribution is 6.26. The van der Waals surface area contributed by atoms with Crippen LogP contribution in [0.25, 0.3) is 121 Å². The molecule has 0 saturated heterocycles. The van der Waals surface area contributed by atoms with Crippen LogP contribution in [0.5, 0.6) is 0 Å². The number of rotatable bonds is 8. The highest BCUT2D eigenvalue weighted by Crippen LogP contribution is 2.52. The molecule has 12 aromatic rings. The van der Waals surface area contributed by atoms with Crippen molar-refractivity contribution in [3.63, 3.8) is 0 Å². The Balaban J connectivity index is 1.32. The first kappa shape index (κ1) is 39.0. The van der Waals surface area contributed by atoms with Crippen LogP contribution in [-0.4, -0.2) is 0 Å². The van der Waals surface area contributed by atoms with Crippen LogP contribution in [0, 0.1) is 0 Å². The molecule has 0 amide bonds. The van der Waals surface area contributed by atoms with Gasteiger partial charge in [-0.1, -0.05) is 237 Å². The average molecular weight is 837 g/mol. The predicted molar refractivity (Wildman–Crippen MR) is 282 cm³/mol. The van der Waals surface area contributed by atoms with E-state index in [2.05, 4.69) is 267 Å². The third kappa shape index (κ3) is 6.88.